The molecule has 0 spiro atoms. The van der Waals surface area contributed by atoms with Crippen LogP contribution in [0.2, 0.25) is 0 Å². The molecular formula is C16H25NO2S. The molecule has 112 valence electrons. The lowest BCUT2D eigenvalue weighted by molar-refractivity contribution is -0.145. The second-order valence-electron chi connectivity index (χ2n) is 5.14. The second kappa shape index (κ2) is 8.32. The molecule has 0 aliphatic rings. The Balaban J connectivity index is 2.32. The molecule has 20 heavy (non-hydrogen) atoms. The quantitative estimate of drug-likeness (QED) is 0.685. The van der Waals surface area contributed by atoms with Gasteiger partial charge in [0.15, 0.2) is 0 Å². The molecule has 2 N–H and O–H groups in total. The van der Waals surface area contributed by atoms with Crippen LogP contribution in [0.4, 0.5) is 0 Å². The molecule has 0 bridgehead atoms. The summed E-state index contributed by atoms with van der Waals surface area (Å²) in [6, 6.07) is 8.53. The van der Waals surface area contributed by atoms with Crippen molar-refractivity contribution < 1.29 is 9.90 Å². The van der Waals surface area contributed by atoms with Gasteiger partial charge in [-0.25, -0.2) is 0 Å². The van der Waals surface area contributed by atoms with E-state index in [2.05, 4.69) is 36.5 Å². The molecule has 1 aromatic carbocycles. The molecular weight excluding hydrogens is 270 g/mol. The van der Waals surface area contributed by atoms with Gasteiger partial charge in [0, 0.05) is 5.75 Å². The number of hydrogen-bond donors (Lipinski definition) is 2. The van der Waals surface area contributed by atoms with Gasteiger partial charge in [-0.15, -0.1) is 0 Å². The van der Waals surface area contributed by atoms with Crippen LogP contribution in [-0.4, -0.2) is 29.4 Å². The molecule has 1 atom stereocenters. The van der Waals surface area contributed by atoms with Crippen molar-refractivity contribution in [3.63, 3.8) is 0 Å². The number of carboxylic acids is 1. The predicted molar refractivity (Wildman–Crippen MR) is 86.3 cm³/mol. The van der Waals surface area contributed by atoms with Crippen molar-refractivity contribution in [1.29, 1.82) is 0 Å². The molecule has 0 amide bonds. The summed E-state index contributed by atoms with van der Waals surface area (Å²) in [7, 11) is 1.73. The Labute approximate surface area is 126 Å². The van der Waals surface area contributed by atoms with E-state index in [0.717, 1.165) is 17.9 Å². The summed E-state index contributed by atoms with van der Waals surface area (Å²) in [6.45, 7) is 4.02. The number of aliphatic carboxylic acids is 1. The van der Waals surface area contributed by atoms with Gasteiger partial charge in [-0.2, -0.15) is 11.8 Å². The van der Waals surface area contributed by atoms with Crippen LogP contribution < -0.4 is 5.32 Å². The molecule has 0 fully saturated rings. The third-order valence-electron chi connectivity index (χ3n) is 3.73. The van der Waals surface area contributed by atoms with Crippen LogP contribution in [-0.2, 0) is 10.5 Å². The molecule has 0 saturated carbocycles. The van der Waals surface area contributed by atoms with Crippen LogP contribution in [0.1, 0.15) is 37.3 Å². The standard InChI is InChI=1S/C16H25NO2S/c1-4-16(17-3,15(18)19)9-6-10-20-12-14-8-5-7-13(2)11-14/h5,7-8,11,17H,4,6,9-10,12H2,1-3H3,(H,18,19). The number of thioether (sulfide) groups is 1. The number of nitrogens with one attached hydrogen (secondary N) is 1. The van der Waals surface area contributed by atoms with Gasteiger partial charge < -0.3 is 10.4 Å². The number of hydrogen-bond acceptors (Lipinski definition) is 3. The summed E-state index contributed by atoms with van der Waals surface area (Å²) < 4.78 is 0. The van der Waals surface area contributed by atoms with E-state index in [9.17, 15) is 9.90 Å². The smallest absolute Gasteiger partial charge is 0.323 e. The maximum Gasteiger partial charge on any atom is 0.323 e. The van der Waals surface area contributed by atoms with Crippen molar-refractivity contribution in [3.8, 4) is 0 Å². The first kappa shape index (κ1) is 17.1. The summed E-state index contributed by atoms with van der Waals surface area (Å²) in [5, 5.41) is 12.3. The van der Waals surface area contributed by atoms with Crippen LogP contribution in [0.5, 0.6) is 0 Å². The lowest BCUT2D eigenvalue weighted by Crippen LogP contribution is -2.49. The zero-order valence-electron chi connectivity index (χ0n) is 12.6. The van der Waals surface area contributed by atoms with E-state index in [1.54, 1.807) is 7.05 Å². The minimum absolute atomic E-state index is 0.612. The molecule has 1 unspecified atom stereocenters. The second-order valence-corrected chi connectivity index (χ2v) is 6.24. The zero-order chi connectivity index (χ0) is 15.0. The number of aryl methyl sites for hydroxylation is 1. The van der Waals surface area contributed by atoms with Gasteiger partial charge in [-0.1, -0.05) is 36.8 Å². The molecule has 4 heteroatoms. The summed E-state index contributed by atoms with van der Waals surface area (Å²) in [5.74, 6) is 1.24. The fourth-order valence-corrected chi connectivity index (χ4v) is 3.22. The monoisotopic (exact) mass is 295 g/mol. The maximum absolute atomic E-state index is 11.3. The summed E-state index contributed by atoms with van der Waals surface area (Å²) in [4.78, 5) is 11.3. The molecule has 0 radical (unpaired) electrons. The lowest BCUT2D eigenvalue weighted by atomic mass is 9.91. The first-order valence-electron chi connectivity index (χ1n) is 7.09. The van der Waals surface area contributed by atoms with Crippen LogP contribution in [0.15, 0.2) is 24.3 Å². The Kier molecular flexibility index (Phi) is 7.10. The highest BCUT2D eigenvalue weighted by Crippen LogP contribution is 2.21. The van der Waals surface area contributed by atoms with Crippen molar-refractivity contribution in [3.05, 3.63) is 35.4 Å². The number of likely N-dealkylation sites (N-methyl/N-ethyl adjacent to an activating group) is 1. The topological polar surface area (TPSA) is 49.3 Å². The van der Waals surface area contributed by atoms with Gasteiger partial charge in [-0.05, 0) is 44.6 Å². The third-order valence-corrected chi connectivity index (χ3v) is 4.85. The van der Waals surface area contributed by atoms with Gasteiger partial charge >= 0.3 is 5.97 Å². The van der Waals surface area contributed by atoms with E-state index in [-0.39, 0.29) is 0 Å². The summed E-state index contributed by atoms with van der Waals surface area (Å²) >= 11 is 1.87. The lowest BCUT2D eigenvalue weighted by Gasteiger charge is -2.27. The SMILES string of the molecule is CCC(CCCSCc1cccc(C)c1)(NC)C(=O)O. The maximum atomic E-state index is 11.3. The van der Waals surface area contributed by atoms with Gasteiger partial charge in [0.25, 0.3) is 0 Å². The molecule has 0 aliphatic carbocycles. The fraction of sp³-hybridized carbons (Fsp3) is 0.562. The van der Waals surface area contributed by atoms with E-state index in [1.807, 2.05) is 18.7 Å². The van der Waals surface area contributed by atoms with Gasteiger partial charge in [-0.3, -0.25) is 4.79 Å². The Morgan fingerprint density at radius 2 is 2.20 bits per heavy atom. The summed E-state index contributed by atoms with van der Waals surface area (Å²) in [6.07, 6.45) is 2.20. The number of rotatable bonds is 9. The Morgan fingerprint density at radius 3 is 2.75 bits per heavy atom. The van der Waals surface area contributed by atoms with E-state index in [0.29, 0.717) is 12.8 Å². The molecule has 0 heterocycles. The van der Waals surface area contributed by atoms with E-state index >= 15 is 0 Å². The highest BCUT2D eigenvalue weighted by molar-refractivity contribution is 7.98. The van der Waals surface area contributed by atoms with E-state index in [4.69, 9.17) is 0 Å². The van der Waals surface area contributed by atoms with Gasteiger partial charge in [0.2, 0.25) is 0 Å². The average molecular weight is 295 g/mol. The highest BCUT2D eigenvalue weighted by atomic mass is 32.2. The fourth-order valence-electron chi connectivity index (χ4n) is 2.31. The zero-order valence-corrected chi connectivity index (χ0v) is 13.4. The van der Waals surface area contributed by atoms with Crippen LogP contribution in [0.25, 0.3) is 0 Å². The number of benzene rings is 1. The van der Waals surface area contributed by atoms with Crippen molar-refractivity contribution in [2.24, 2.45) is 0 Å². The number of carboxylic acid groups (broad SMARTS) is 1. The van der Waals surface area contributed by atoms with E-state index < -0.39 is 11.5 Å². The Morgan fingerprint density at radius 1 is 1.45 bits per heavy atom. The molecule has 1 aromatic rings. The van der Waals surface area contributed by atoms with Crippen molar-refractivity contribution in [2.75, 3.05) is 12.8 Å². The predicted octanol–water partition coefficient (Wildman–Crippen LogP) is 3.46. The number of carbonyl (C=O) groups is 1. The van der Waals surface area contributed by atoms with Crippen LogP contribution >= 0.6 is 11.8 Å². The molecule has 0 aliphatic heterocycles. The minimum atomic E-state index is -0.760. The first-order valence-corrected chi connectivity index (χ1v) is 8.25. The largest absolute Gasteiger partial charge is 0.480 e. The van der Waals surface area contributed by atoms with Gasteiger partial charge in [0.05, 0.1) is 0 Å². The first-order chi connectivity index (χ1) is 9.54. The van der Waals surface area contributed by atoms with Gasteiger partial charge in [0.1, 0.15) is 5.54 Å². The Hall–Kier alpha value is -1.00. The minimum Gasteiger partial charge on any atom is -0.480 e. The molecule has 1 rings (SSSR count). The molecule has 3 nitrogen and oxygen atoms in total. The van der Waals surface area contributed by atoms with Crippen molar-refractivity contribution in [1.82, 2.24) is 5.32 Å². The van der Waals surface area contributed by atoms with Crippen LogP contribution in [0.3, 0.4) is 0 Å². The van der Waals surface area contributed by atoms with Crippen LogP contribution in [0, 0.1) is 6.92 Å². The third kappa shape index (κ3) is 4.84. The average Bonchev–Trinajstić information content (AvgIpc) is 2.43. The highest BCUT2D eigenvalue weighted by Gasteiger charge is 2.33. The van der Waals surface area contributed by atoms with Crippen molar-refractivity contribution >= 4 is 17.7 Å². The normalized spacial score (nSPS) is 13.9. The molecule has 0 aromatic heterocycles. The van der Waals surface area contributed by atoms with Crippen molar-refractivity contribution in [2.45, 2.75) is 44.4 Å². The Bertz CT molecular complexity index is 430. The van der Waals surface area contributed by atoms with E-state index in [1.165, 1.54) is 11.1 Å². The molecule has 0 saturated heterocycles. The summed E-state index contributed by atoms with van der Waals surface area (Å²) in [5.41, 5.74) is 1.86.